The first-order chi connectivity index (χ1) is 12.8. The standard InChI is InChI=1S/C19H28N2O5S/c1-21-13(11-19(22)23)7-8-14(21)12-20-27(24,25)18-10-9-17(26-2)15-5-3-4-6-16(15)18/h9-10,13-14,20H,3-8,11-12H2,1-2H3,(H,22,23)/t13-,14+/m1/s1. The average molecular weight is 397 g/mol. The van der Waals surface area contributed by atoms with E-state index in [1.54, 1.807) is 19.2 Å². The first-order valence-corrected chi connectivity index (χ1v) is 10.9. The van der Waals surface area contributed by atoms with Gasteiger partial charge in [0.15, 0.2) is 0 Å². The van der Waals surface area contributed by atoms with Gasteiger partial charge >= 0.3 is 5.97 Å². The van der Waals surface area contributed by atoms with E-state index in [0.717, 1.165) is 55.4 Å². The summed E-state index contributed by atoms with van der Waals surface area (Å²) >= 11 is 0. The fourth-order valence-corrected chi connectivity index (χ4v) is 5.68. The number of hydrogen-bond acceptors (Lipinski definition) is 5. The van der Waals surface area contributed by atoms with Gasteiger partial charge in [0.25, 0.3) is 0 Å². The Kier molecular flexibility index (Phi) is 6.08. The largest absolute Gasteiger partial charge is 0.496 e. The number of fused-ring (bicyclic) bond motifs is 1. The molecule has 3 rings (SSSR count). The van der Waals surface area contributed by atoms with E-state index in [4.69, 9.17) is 9.84 Å². The van der Waals surface area contributed by atoms with Crippen molar-refractivity contribution in [2.75, 3.05) is 20.7 Å². The summed E-state index contributed by atoms with van der Waals surface area (Å²) in [6, 6.07) is 3.35. The lowest BCUT2D eigenvalue weighted by Crippen LogP contribution is -2.41. The quantitative estimate of drug-likeness (QED) is 0.730. The Hall–Kier alpha value is -1.64. The molecule has 0 saturated carbocycles. The Morgan fingerprint density at radius 1 is 1.22 bits per heavy atom. The lowest BCUT2D eigenvalue weighted by molar-refractivity contribution is -0.138. The summed E-state index contributed by atoms with van der Waals surface area (Å²) in [6.07, 6.45) is 5.25. The topological polar surface area (TPSA) is 95.9 Å². The number of hydrogen-bond donors (Lipinski definition) is 2. The Labute approximate surface area is 160 Å². The van der Waals surface area contributed by atoms with Gasteiger partial charge in [-0.25, -0.2) is 13.1 Å². The van der Waals surface area contributed by atoms with E-state index >= 15 is 0 Å². The highest BCUT2D eigenvalue weighted by molar-refractivity contribution is 7.89. The van der Waals surface area contributed by atoms with Gasteiger partial charge in [0.2, 0.25) is 10.0 Å². The number of carbonyl (C=O) groups is 1. The van der Waals surface area contributed by atoms with Gasteiger partial charge in [0.05, 0.1) is 18.4 Å². The normalized spacial score (nSPS) is 23.2. The lowest BCUT2D eigenvalue weighted by Gasteiger charge is -2.26. The molecule has 0 unspecified atom stereocenters. The number of likely N-dealkylation sites (tertiary alicyclic amines) is 1. The number of nitrogens with one attached hydrogen (secondary N) is 1. The number of ether oxygens (including phenoxy) is 1. The Morgan fingerprint density at radius 2 is 1.89 bits per heavy atom. The molecule has 1 aliphatic heterocycles. The van der Waals surface area contributed by atoms with Crippen LogP contribution < -0.4 is 9.46 Å². The molecule has 0 aromatic heterocycles. The maximum atomic E-state index is 13.0. The van der Waals surface area contributed by atoms with E-state index in [-0.39, 0.29) is 25.0 Å². The SMILES string of the molecule is COc1ccc(S(=O)(=O)NC[C@@H]2CC[C@H](CC(=O)O)N2C)c2c1CCCC2. The van der Waals surface area contributed by atoms with Crippen LogP contribution >= 0.6 is 0 Å². The number of methoxy groups -OCH3 is 1. The van der Waals surface area contributed by atoms with Gasteiger partial charge in [-0.05, 0) is 68.8 Å². The highest BCUT2D eigenvalue weighted by atomic mass is 32.2. The molecular weight excluding hydrogens is 368 g/mol. The molecule has 0 bridgehead atoms. The fourth-order valence-electron chi connectivity index (χ4n) is 4.31. The summed E-state index contributed by atoms with van der Waals surface area (Å²) in [6.45, 7) is 0.287. The molecule has 0 amide bonds. The molecule has 2 aliphatic rings. The minimum absolute atomic E-state index is 0.0122. The summed E-state index contributed by atoms with van der Waals surface area (Å²) in [5, 5.41) is 8.99. The van der Waals surface area contributed by atoms with Gasteiger partial charge in [-0.3, -0.25) is 9.69 Å². The highest BCUT2D eigenvalue weighted by Gasteiger charge is 2.33. The number of likely N-dealkylation sites (N-methyl/N-ethyl adjacent to an activating group) is 1. The van der Waals surface area contributed by atoms with Crippen LogP contribution in [-0.4, -0.2) is 57.2 Å². The number of nitrogens with zero attached hydrogens (tertiary/aromatic N) is 1. The molecule has 7 nitrogen and oxygen atoms in total. The Balaban J connectivity index is 1.74. The zero-order chi connectivity index (χ0) is 19.6. The van der Waals surface area contributed by atoms with Crippen molar-refractivity contribution < 1.29 is 23.1 Å². The van der Waals surface area contributed by atoms with Crippen molar-refractivity contribution in [3.63, 3.8) is 0 Å². The maximum absolute atomic E-state index is 13.0. The van der Waals surface area contributed by atoms with E-state index in [1.807, 2.05) is 11.9 Å². The molecule has 1 fully saturated rings. The van der Waals surface area contributed by atoms with Gasteiger partial charge in [0.1, 0.15) is 5.75 Å². The van der Waals surface area contributed by atoms with E-state index in [9.17, 15) is 13.2 Å². The predicted octanol–water partition coefficient (Wildman–Crippen LogP) is 1.79. The summed E-state index contributed by atoms with van der Waals surface area (Å²) in [5.74, 6) is -0.0615. The molecule has 27 heavy (non-hydrogen) atoms. The van der Waals surface area contributed by atoms with Crippen molar-refractivity contribution in [2.24, 2.45) is 0 Å². The van der Waals surface area contributed by atoms with E-state index in [0.29, 0.717) is 4.90 Å². The number of benzene rings is 1. The number of rotatable bonds is 7. The van der Waals surface area contributed by atoms with Crippen LogP contribution in [0.15, 0.2) is 17.0 Å². The third-order valence-electron chi connectivity index (χ3n) is 5.86. The van der Waals surface area contributed by atoms with Crippen LogP contribution in [0.25, 0.3) is 0 Å². The third-order valence-corrected chi connectivity index (χ3v) is 7.37. The number of carboxylic acids is 1. The van der Waals surface area contributed by atoms with Crippen LogP contribution in [0.1, 0.15) is 43.2 Å². The second kappa shape index (κ2) is 8.16. The summed E-state index contributed by atoms with van der Waals surface area (Å²) in [4.78, 5) is 13.3. The molecule has 8 heteroatoms. The van der Waals surface area contributed by atoms with Crippen LogP contribution in [-0.2, 0) is 27.7 Å². The molecule has 1 saturated heterocycles. The maximum Gasteiger partial charge on any atom is 0.304 e. The lowest BCUT2D eigenvalue weighted by atomic mass is 9.91. The average Bonchev–Trinajstić information content (AvgIpc) is 2.98. The highest BCUT2D eigenvalue weighted by Crippen LogP contribution is 2.34. The van der Waals surface area contributed by atoms with Gasteiger partial charge in [-0.1, -0.05) is 0 Å². The molecule has 2 atom stereocenters. The monoisotopic (exact) mass is 396 g/mol. The minimum Gasteiger partial charge on any atom is -0.496 e. The third kappa shape index (κ3) is 4.28. The second-order valence-electron chi connectivity index (χ2n) is 7.43. The molecule has 0 radical (unpaired) electrons. The molecular formula is C19H28N2O5S. The second-order valence-corrected chi connectivity index (χ2v) is 9.17. The number of sulfonamides is 1. The van der Waals surface area contributed by atoms with Gasteiger partial charge < -0.3 is 9.84 Å². The van der Waals surface area contributed by atoms with Crippen molar-refractivity contribution in [3.05, 3.63) is 23.3 Å². The number of carboxylic acid groups (broad SMARTS) is 1. The predicted molar refractivity (Wildman–Crippen MR) is 102 cm³/mol. The molecule has 1 heterocycles. The van der Waals surface area contributed by atoms with E-state index < -0.39 is 16.0 Å². The minimum atomic E-state index is -3.63. The molecule has 1 aliphatic carbocycles. The van der Waals surface area contributed by atoms with Crippen LogP contribution in [0.5, 0.6) is 5.75 Å². The molecule has 1 aromatic rings. The smallest absolute Gasteiger partial charge is 0.304 e. The van der Waals surface area contributed by atoms with Gasteiger partial charge in [0, 0.05) is 18.6 Å². The van der Waals surface area contributed by atoms with Crippen molar-refractivity contribution in [2.45, 2.75) is 61.9 Å². The Morgan fingerprint density at radius 3 is 2.56 bits per heavy atom. The molecule has 1 aromatic carbocycles. The zero-order valence-electron chi connectivity index (χ0n) is 15.9. The van der Waals surface area contributed by atoms with Crippen LogP contribution in [0, 0.1) is 0 Å². The van der Waals surface area contributed by atoms with Gasteiger partial charge in [-0.2, -0.15) is 0 Å². The number of aliphatic carboxylic acids is 1. The van der Waals surface area contributed by atoms with E-state index in [1.165, 1.54) is 0 Å². The molecule has 2 N–H and O–H groups in total. The Bertz CT molecular complexity index is 809. The zero-order valence-corrected chi connectivity index (χ0v) is 16.7. The van der Waals surface area contributed by atoms with Crippen molar-refractivity contribution in [1.82, 2.24) is 9.62 Å². The van der Waals surface area contributed by atoms with Crippen molar-refractivity contribution in [3.8, 4) is 5.75 Å². The summed E-state index contributed by atoms with van der Waals surface area (Å²) < 4.78 is 34.1. The summed E-state index contributed by atoms with van der Waals surface area (Å²) in [7, 11) is -0.146. The first-order valence-electron chi connectivity index (χ1n) is 9.45. The fraction of sp³-hybridized carbons (Fsp3) is 0.632. The van der Waals surface area contributed by atoms with E-state index in [2.05, 4.69) is 4.72 Å². The first kappa shape index (κ1) is 20.1. The van der Waals surface area contributed by atoms with Crippen LogP contribution in [0.2, 0.25) is 0 Å². The van der Waals surface area contributed by atoms with Gasteiger partial charge in [-0.15, -0.1) is 0 Å². The van der Waals surface area contributed by atoms with Crippen molar-refractivity contribution >= 4 is 16.0 Å². The molecule has 150 valence electrons. The summed E-state index contributed by atoms with van der Waals surface area (Å²) in [5.41, 5.74) is 1.88. The molecule has 0 spiro atoms. The van der Waals surface area contributed by atoms with Crippen LogP contribution in [0.4, 0.5) is 0 Å². The van der Waals surface area contributed by atoms with Crippen LogP contribution in [0.3, 0.4) is 0 Å². The van der Waals surface area contributed by atoms with Crippen molar-refractivity contribution in [1.29, 1.82) is 0 Å².